The molecule has 0 N–H and O–H groups in total. The summed E-state index contributed by atoms with van der Waals surface area (Å²) in [6.07, 6.45) is -1.63. The molecule has 0 unspecified atom stereocenters. The second kappa shape index (κ2) is 5.59. The fraction of sp³-hybridized carbons (Fsp3) is 0.579. The molecule has 8 nitrogen and oxygen atoms in total. The number of hydrogen-bond acceptors (Lipinski definition) is 7. The molecule has 3 saturated heterocycles. The summed E-state index contributed by atoms with van der Waals surface area (Å²) in [7, 11) is 0. The van der Waals surface area contributed by atoms with Gasteiger partial charge >= 0.3 is 0 Å². The quantitative estimate of drug-likeness (QED) is 0.756. The van der Waals surface area contributed by atoms with E-state index in [0.29, 0.717) is 5.52 Å². The van der Waals surface area contributed by atoms with Crippen LogP contribution in [0.3, 0.4) is 0 Å². The molecule has 0 bridgehead atoms. The van der Waals surface area contributed by atoms with Gasteiger partial charge in [0, 0.05) is 0 Å². The molecule has 0 saturated carbocycles. The molecule has 4 heterocycles. The van der Waals surface area contributed by atoms with Crippen LogP contribution in [0.15, 0.2) is 30.6 Å². The first kappa shape index (κ1) is 17.3. The number of nitrogens with zero attached hydrogens (tertiary/aromatic N) is 2. The predicted molar refractivity (Wildman–Crippen MR) is 92.9 cm³/mol. The van der Waals surface area contributed by atoms with E-state index in [9.17, 15) is 4.79 Å². The zero-order chi connectivity index (χ0) is 19.0. The van der Waals surface area contributed by atoms with Crippen LogP contribution < -0.4 is 0 Å². The first-order valence-corrected chi connectivity index (χ1v) is 9.07. The Morgan fingerprint density at radius 1 is 0.963 bits per heavy atom. The molecular formula is C19H22N2O6. The van der Waals surface area contributed by atoms with Gasteiger partial charge in [-0.15, -0.1) is 0 Å². The monoisotopic (exact) mass is 374 g/mol. The number of carbonyl (C=O) groups is 1. The van der Waals surface area contributed by atoms with Gasteiger partial charge < -0.3 is 23.7 Å². The van der Waals surface area contributed by atoms with Crippen LogP contribution in [-0.2, 0) is 23.7 Å². The Morgan fingerprint density at radius 2 is 1.63 bits per heavy atom. The fourth-order valence-corrected chi connectivity index (χ4v) is 4.08. The summed E-state index contributed by atoms with van der Waals surface area (Å²) in [5.74, 6) is -1.94. The number of aromatic nitrogens is 2. The van der Waals surface area contributed by atoms with Gasteiger partial charge in [-0.3, -0.25) is 9.36 Å². The molecule has 3 aliphatic rings. The van der Waals surface area contributed by atoms with Gasteiger partial charge in [0.1, 0.15) is 24.6 Å². The van der Waals surface area contributed by atoms with Gasteiger partial charge in [0.2, 0.25) is 0 Å². The normalized spacial score (nSPS) is 36.5. The van der Waals surface area contributed by atoms with E-state index in [-0.39, 0.29) is 5.91 Å². The van der Waals surface area contributed by atoms with Crippen LogP contribution in [0.5, 0.6) is 0 Å². The summed E-state index contributed by atoms with van der Waals surface area (Å²) in [6.45, 7) is 7.25. The molecule has 144 valence electrons. The van der Waals surface area contributed by atoms with Gasteiger partial charge in [0.15, 0.2) is 24.0 Å². The van der Waals surface area contributed by atoms with Crippen molar-refractivity contribution in [2.24, 2.45) is 0 Å². The highest BCUT2D eigenvalue weighted by Crippen LogP contribution is 2.44. The minimum absolute atomic E-state index is 0.272. The number of rotatable bonds is 1. The van der Waals surface area contributed by atoms with Crippen molar-refractivity contribution in [2.45, 2.75) is 70.0 Å². The maximum absolute atomic E-state index is 13.3. The summed E-state index contributed by atoms with van der Waals surface area (Å²) in [5, 5.41) is 0. The average Bonchev–Trinajstić information content (AvgIpc) is 3.24. The van der Waals surface area contributed by atoms with Crippen LogP contribution in [0.25, 0.3) is 11.0 Å². The molecule has 3 fully saturated rings. The second-order valence-electron chi connectivity index (χ2n) is 8.03. The maximum Gasteiger partial charge on any atom is 0.264 e. The number of carbonyl (C=O) groups excluding carboxylic acids is 1. The summed E-state index contributed by atoms with van der Waals surface area (Å²) < 4.78 is 31.5. The van der Waals surface area contributed by atoms with E-state index in [1.807, 2.05) is 52.0 Å². The van der Waals surface area contributed by atoms with E-state index in [1.54, 1.807) is 0 Å². The van der Waals surface area contributed by atoms with Crippen LogP contribution in [0.1, 0.15) is 32.5 Å². The zero-order valence-electron chi connectivity index (χ0n) is 15.6. The van der Waals surface area contributed by atoms with Crippen LogP contribution in [0.2, 0.25) is 0 Å². The van der Waals surface area contributed by atoms with Gasteiger partial charge in [0.25, 0.3) is 5.91 Å². The lowest BCUT2D eigenvalue weighted by Crippen LogP contribution is -2.58. The highest BCUT2D eigenvalue weighted by Gasteiger charge is 2.62. The third-order valence-electron chi connectivity index (χ3n) is 5.09. The van der Waals surface area contributed by atoms with Crippen LogP contribution in [0, 0.1) is 0 Å². The largest absolute Gasteiger partial charge is 0.342 e. The SMILES string of the molecule is CC1(C)O[C@@H]2[C@@H](O1)[C@@H](C(=O)n1cnc3ccccc31)O[C@H]1OC(C)(C)O[C@@H]12. The van der Waals surface area contributed by atoms with Crippen molar-refractivity contribution in [1.82, 2.24) is 9.55 Å². The Morgan fingerprint density at radius 3 is 2.44 bits per heavy atom. The van der Waals surface area contributed by atoms with Crippen LogP contribution >= 0.6 is 0 Å². The summed E-state index contributed by atoms with van der Waals surface area (Å²) in [5.41, 5.74) is 1.45. The van der Waals surface area contributed by atoms with Gasteiger partial charge in [0.05, 0.1) is 11.0 Å². The van der Waals surface area contributed by atoms with Gasteiger partial charge in [-0.25, -0.2) is 4.98 Å². The fourth-order valence-electron chi connectivity index (χ4n) is 4.08. The van der Waals surface area contributed by atoms with Crippen molar-refractivity contribution >= 4 is 16.9 Å². The molecule has 1 aromatic heterocycles. The smallest absolute Gasteiger partial charge is 0.264 e. The minimum atomic E-state index is -0.895. The van der Waals surface area contributed by atoms with E-state index < -0.39 is 42.3 Å². The Bertz CT molecular complexity index is 906. The van der Waals surface area contributed by atoms with Crippen LogP contribution in [0.4, 0.5) is 0 Å². The lowest BCUT2D eigenvalue weighted by Gasteiger charge is -2.36. The molecule has 1 aromatic carbocycles. The molecule has 0 amide bonds. The lowest BCUT2D eigenvalue weighted by atomic mass is 9.98. The molecule has 0 spiro atoms. The zero-order valence-corrected chi connectivity index (χ0v) is 15.6. The molecule has 3 aliphatic heterocycles. The van der Waals surface area contributed by atoms with Crippen molar-refractivity contribution in [3.05, 3.63) is 30.6 Å². The molecule has 8 heteroatoms. The molecule has 5 atom stereocenters. The van der Waals surface area contributed by atoms with E-state index in [2.05, 4.69) is 4.98 Å². The van der Waals surface area contributed by atoms with E-state index >= 15 is 0 Å². The number of benzene rings is 1. The molecule has 0 aliphatic carbocycles. The van der Waals surface area contributed by atoms with Crippen molar-refractivity contribution in [3.8, 4) is 0 Å². The average molecular weight is 374 g/mol. The number of para-hydroxylation sites is 2. The first-order chi connectivity index (χ1) is 12.7. The Kier molecular flexibility index (Phi) is 3.57. The van der Waals surface area contributed by atoms with Crippen molar-refractivity contribution in [1.29, 1.82) is 0 Å². The number of fused-ring (bicyclic) bond motifs is 4. The third kappa shape index (κ3) is 2.71. The van der Waals surface area contributed by atoms with Crippen molar-refractivity contribution in [2.75, 3.05) is 0 Å². The van der Waals surface area contributed by atoms with Crippen molar-refractivity contribution in [3.63, 3.8) is 0 Å². The Hall–Kier alpha value is -1.84. The first-order valence-electron chi connectivity index (χ1n) is 9.07. The van der Waals surface area contributed by atoms with E-state index in [0.717, 1.165) is 5.52 Å². The Labute approximate surface area is 156 Å². The predicted octanol–water partition coefficient (Wildman–Crippen LogP) is 2.07. The summed E-state index contributed by atoms with van der Waals surface area (Å²) in [4.78, 5) is 17.6. The van der Waals surface area contributed by atoms with Gasteiger partial charge in [-0.1, -0.05) is 12.1 Å². The standard InChI is InChI=1S/C19H22N2O6/c1-18(2)24-12-13(25-18)15-17(27-19(3,4)26-15)23-14(12)16(22)21-9-20-10-7-5-6-8-11(10)21/h5-9,12-15,17H,1-4H3/t12-,13-,14+,15-,17+/m1/s1. The summed E-state index contributed by atoms with van der Waals surface area (Å²) >= 11 is 0. The molecular weight excluding hydrogens is 352 g/mol. The minimum Gasteiger partial charge on any atom is -0.342 e. The number of ether oxygens (including phenoxy) is 5. The topological polar surface area (TPSA) is 81.0 Å². The van der Waals surface area contributed by atoms with E-state index in [1.165, 1.54) is 10.9 Å². The molecule has 5 rings (SSSR count). The number of imidazole rings is 1. The maximum atomic E-state index is 13.3. The molecule has 2 aromatic rings. The lowest BCUT2D eigenvalue weighted by molar-refractivity contribution is -0.222. The van der Waals surface area contributed by atoms with Gasteiger partial charge in [-0.05, 0) is 39.8 Å². The number of hydrogen-bond donors (Lipinski definition) is 0. The van der Waals surface area contributed by atoms with Crippen molar-refractivity contribution < 1.29 is 28.5 Å². The van der Waals surface area contributed by atoms with Gasteiger partial charge in [-0.2, -0.15) is 0 Å². The second-order valence-corrected chi connectivity index (χ2v) is 8.03. The van der Waals surface area contributed by atoms with Crippen LogP contribution in [-0.4, -0.2) is 57.7 Å². The highest BCUT2D eigenvalue weighted by atomic mass is 16.9. The highest BCUT2D eigenvalue weighted by molar-refractivity contribution is 5.93. The molecule has 27 heavy (non-hydrogen) atoms. The Balaban J connectivity index is 1.52. The third-order valence-corrected chi connectivity index (χ3v) is 5.09. The van der Waals surface area contributed by atoms with E-state index in [4.69, 9.17) is 23.7 Å². The molecule has 0 radical (unpaired) electrons. The summed E-state index contributed by atoms with van der Waals surface area (Å²) in [6, 6.07) is 7.44.